The molecule has 1 amide bonds. The van der Waals surface area contributed by atoms with Crippen LogP contribution in [0, 0.1) is 0 Å². The molecule has 1 aromatic carbocycles. The number of carbonyl (C=O) groups is 1. The summed E-state index contributed by atoms with van der Waals surface area (Å²) in [6.07, 6.45) is 3.84. The van der Waals surface area contributed by atoms with Crippen LogP contribution >= 0.6 is 0 Å². The van der Waals surface area contributed by atoms with E-state index in [2.05, 4.69) is 38.8 Å². The van der Waals surface area contributed by atoms with E-state index >= 15 is 0 Å². The molecular formula is C25H39N3O4Si. The molecule has 2 heterocycles. The Morgan fingerprint density at radius 2 is 1.85 bits per heavy atom. The number of amides is 1. The summed E-state index contributed by atoms with van der Waals surface area (Å²) < 4.78 is 14.4. The summed E-state index contributed by atoms with van der Waals surface area (Å²) >= 11 is 0. The van der Waals surface area contributed by atoms with E-state index in [-0.39, 0.29) is 29.0 Å². The van der Waals surface area contributed by atoms with Crippen molar-refractivity contribution in [1.29, 1.82) is 0 Å². The van der Waals surface area contributed by atoms with Crippen LogP contribution in [0.4, 0.5) is 4.79 Å². The number of phenolic OH excluding ortho intramolecular Hbond substituents is 1. The van der Waals surface area contributed by atoms with Gasteiger partial charge in [-0.1, -0.05) is 39.0 Å². The highest BCUT2D eigenvalue weighted by molar-refractivity contribution is 6.74. The molecule has 2 aromatic rings. The highest BCUT2D eigenvalue weighted by atomic mass is 28.4. The fourth-order valence-corrected chi connectivity index (χ4v) is 5.18. The zero-order valence-electron chi connectivity index (χ0n) is 21.3. The smallest absolute Gasteiger partial charge is 0.411 e. The molecule has 0 unspecified atom stereocenters. The van der Waals surface area contributed by atoms with Crippen molar-refractivity contribution in [2.75, 3.05) is 6.54 Å². The van der Waals surface area contributed by atoms with Crippen LogP contribution in [0.5, 0.6) is 5.75 Å². The zero-order valence-corrected chi connectivity index (χ0v) is 22.3. The predicted octanol–water partition coefficient (Wildman–Crippen LogP) is 5.71. The number of hydrogen-bond acceptors (Lipinski definition) is 5. The van der Waals surface area contributed by atoms with Gasteiger partial charge in [-0.2, -0.15) is 0 Å². The Labute approximate surface area is 198 Å². The molecule has 1 fully saturated rings. The standard InChI is InChI=1S/C25H39N3O4Si/c1-24(2,3)31-23(30)28-17-19(32-33(7,8)25(4,5)6)15-20(28)22-26-13-14-27(22)16-18-11-9-10-12-21(18)29/h9-14,19-20,29H,15-17H2,1-8H3/t19-,20+/m1/s1. The van der Waals surface area contributed by atoms with E-state index in [1.807, 2.05) is 43.7 Å². The quantitative estimate of drug-likeness (QED) is 0.563. The van der Waals surface area contributed by atoms with E-state index in [1.54, 1.807) is 23.2 Å². The van der Waals surface area contributed by atoms with Crippen LogP contribution in [0.1, 0.15) is 65.4 Å². The number of aromatic nitrogens is 2. The molecule has 1 aliphatic rings. The van der Waals surface area contributed by atoms with Crippen LogP contribution < -0.4 is 0 Å². The fraction of sp³-hybridized carbons (Fsp3) is 0.600. The first-order chi connectivity index (χ1) is 15.2. The van der Waals surface area contributed by atoms with Gasteiger partial charge in [-0.3, -0.25) is 4.90 Å². The molecule has 7 nitrogen and oxygen atoms in total. The monoisotopic (exact) mass is 473 g/mol. The maximum atomic E-state index is 13.2. The van der Waals surface area contributed by atoms with Crippen molar-refractivity contribution < 1.29 is 19.1 Å². The number of aromatic hydroxyl groups is 1. The average Bonchev–Trinajstić information content (AvgIpc) is 3.27. The van der Waals surface area contributed by atoms with Gasteiger partial charge in [0, 0.05) is 30.9 Å². The number of nitrogens with zero attached hydrogens (tertiary/aromatic N) is 3. The molecule has 1 aliphatic heterocycles. The van der Waals surface area contributed by atoms with Crippen molar-refractivity contribution >= 4 is 14.4 Å². The molecule has 0 saturated carbocycles. The molecule has 3 rings (SSSR count). The minimum atomic E-state index is -2.02. The molecular weight excluding hydrogens is 434 g/mol. The van der Waals surface area contributed by atoms with Crippen molar-refractivity contribution in [2.45, 2.75) is 90.4 Å². The second-order valence-electron chi connectivity index (χ2n) is 11.4. The largest absolute Gasteiger partial charge is 0.508 e. The number of para-hydroxylation sites is 1. The van der Waals surface area contributed by atoms with Gasteiger partial charge in [-0.25, -0.2) is 9.78 Å². The van der Waals surface area contributed by atoms with Crippen LogP contribution in [0.2, 0.25) is 18.1 Å². The van der Waals surface area contributed by atoms with Gasteiger partial charge < -0.3 is 18.8 Å². The van der Waals surface area contributed by atoms with Crippen molar-refractivity contribution in [3.05, 3.63) is 48.0 Å². The molecule has 0 aliphatic carbocycles. The predicted molar refractivity (Wildman–Crippen MR) is 132 cm³/mol. The Hall–Kier alpha value is -2.32. The van der Waals surface area contributed by atoms with E-state index in [1.165, 1.54) is 0 Å². The molecule has 182 valence electrons. The summed E-state index contributed by atoms with van der Waals surface area (Å²) in [5, 5.41) is 10.3. The molecule has 0 bridgehead atoms. The van der Waals surface area contributed by atoms with Crippen LogP contribution in [0.15, 0.2) is 36.7 Å². The number of likely N-dealkylation sites (tertiary alicyclic amines) is 1. The first-order valence-corrected chi connectivity index (χ1v) is 14.5. The van der Waals surface area contributed by atoms with Gasteiger partial charge in [0.25, 0.3) is 0 Å². The van der Waals surface area contributed by atoms with Gasteiger partial charge >= 0.3 is 6.09 Å². The normalized spacial score (nSPS) is 19.7. The number of ether oxygens (including phenoxy) is 1. The number of rotatable bonds is 5. The maximum Gasteiger partial charge on any atom is 0.411 e. The molecule has 33 heavy (non-hydrogen) atoms. The van der Waals surface area contributed by atoms with Crippen molar-refractivity contribution in [1.82, 2.24) is 14.5 Å². The van der Waals surface area contributed by atoms with Crippen LogP contribution in [0.3, 0.4) is 0 Å². The number of carbonyl (C=O) groups excluding carboxylic acids is 1. The second-order valence-corrected chi connectivity index (χ2v) is 16.2. The molecule has 2 atom stereocenters. The summed E-state index contributed by atoms with van der Waals surface area (Å²) in [5.41, 5.74) is 0.207. The van der Waals surface area contributed by atoms with E-state index in [0.29, 0.717) is 19.5 Å². The third-order valence-corrected chi connectivity index (χ3v) is 11.1. The lowest BCUT2D eigenvalue weighted by Crippen LogP contribution is -2.45. The SMILES string of the molecule is CC(C)(C)OC(=O)N1C[C@H](O[Si](C)(C)C(C)(C)C)C[C@H]1c1nccn1Cc1ccccc1O. The molecule has 1 N–H and O–H groups in total. The molecule has 1 aromatic heterocycles. The fourth-order valence-electron chi connectivity index (χ4n) is 3.82. The minimum absolute atomic E-state index is 0.0745. The van der Waals surface area contributed by atoms with E-state index in [9.17, 15) is 9.90 Å². The Balaban J connectivity index is 1.90. The summed E-state index contributed by atoms with van der Waals surface area (Å²) in [7, 11) is -2.02. The third-order valence-electron chi connectivity index (χ3n) is 6.54. The van der Waals surface area contributed by atoms with Gasteiger partial charge in [0.05, 0.1) is 18.7 Å². The number of imidazole rings is 1. The molecule has 8 heteroatoms. The van der Waals surface area contributed by atoms with Crippen molar-refractivity contribution in [3.63, 3.8) is 0 Å². The van der Waals surface area contributed by atoms with Crippen LogP contribution in [-0.4, -0.2) is 52.2 Å². The summed E-state index contributed by atoms with van der Waals surface area (Å²) in [6, 6.07) is 7.01. The number of hydrogen-bond donors (Lipinski definition) is 1. The summed E-state index contributed by atoms with van der Waals surface area (Å²) in [6.45, 7) is 17.7. The van der Waals surface area contributed by atoms with Crippen molar-refractivity contribution in [3.8, 4) is 5.75 Å². The summed E-state index contributed by atoms with van der Waals surface area (Å²) in [4.78, 5) is 19.6. The van der Waals surface area contributed by atoms with Gasteiger partial charge in [0.1, 0.15) is 17.2 Å². The van der Waals surface area contributed by atoms with Gasteiger partial charge in [0.2, 0.25) is 0 Å². The highest BCUT2D eigenvalue weighted by Crippen LogP contribution is 2.41. The van der Waals surface area contributed by atoms with Crippen molar-refractivity contribution in [2.24, 2.45) is 0 Å². The second kappa shape index (κ2) is 9.14. The Morgan fingerprint density at radius 3 is 2.45 bits per heavy atom. The Bertz CT molecular complexity index is 975. The van der Waals surface area contributed by atoms with Gasteiger partial charge in [-0.05, 0) is 45.0 Å². The summed E-state index contributed by atoms with van der Waals surface area (Å²) in [5.74, 6) is 1.01. The first kappa shape index (κ1) is 25.3. The Kier molecular flexibility index (Phi) is 7.01. The topological polar surface area (TPSA) is 76.8 Å². The minimum Gasteiger partial charge on any atom is -0.508 e. The zero-order chi connectivity index (χ0) is 24.6. The lowest BCUT2D eigenvalue weighted by Gasteiger charge is -2.38. The average molecular weight is 474 g/mol. The lowest BCUT2D eigenvalue weighted by atomic mass is 10.1. The van der Waals surface area contributed by atoms with E-state index in [0.717, 1.165) is 11.4 Å². The van der Waals surface area contributed by atoms with Gasteiger partial charge in [-0.15, -0.1) is 0 Å². The number of phenols is 1. The molecule has 0 radical (unpaired) electrons. The lowest BCUT2D eigenvalue weighted by molar-refractivity contribution is 0.0201. The first-order valence-electron chi connectivity index (χ1n) is 11.6. The van der Waals surface area contributed by atoms with Crippen LogP contribution in [-0.2, 0) is 15.7 Å². The maximum absolute atomic E-state index is 13.2. The Morgan fingerprint density at radius 1 is 1.18 bits per heavy atom. The molecule has 1 saturated heterocycles. The molecule has 0 spiro atoms. The van der Waals surface area contributed by atoms with Gasteiger partial charge in [0.15, 0.2) is 8.32 Å². The number of benzene rings is 1. The van der Waals surface area contributed by atoms with E-state index in [4.69, 9.17) is 9.16 Å². The third kappa shape index (κ3) is 5.98. The van der Waals surface area contributed by atoms with E-state index < -0.39 is 13.9 Å². The highest BCUT2D eigenvalue weighted by Gasteiger charge is 2.45. The van der Waals surface area contributed by atoms with Crippen LogP contribution in [0.25, 0.3) is 0 Å².